The Morgan fingerprint density at radius 1 is 1.12 bits per heavy atom. The lowest BCUT2D eigenvalue weighted by Crippen LogP contribution is -2.46. The number of ether oxygens (including phenoxy) is 3. The van der Waals surface area contributed by atoms with E-state index in [1.807, 2.05) is 0 Å². The SMILES string of the molecule is COc1cc(S(=O)(=O)N2C[C@H](CC(C)(C)C(=O)O)Oc3ccc(NC(=O)OC(C)(C)C(F)(F)F)cc32)ccc1F. The molecule has 2 aromatic rings. The molecule has 10 nitrogen and oxygen atoms in total. The Bertz CT molecular complexity index is 1410. The van der Waals surface area contributed by atoms with E-state index in [0.29, 0.717) is 13.8 Å². The molecule has 0 fully saturated rings. The van der Waals surface area contributed by atoms with Crippen LogP contribution in [0.25, 0.3) is 0 Å². The van der Waals surface area contributed by atoms with Crippen molar-refractivity contribution in [3.63, 3.8) is 0 Å². The van der Waals surface area contributed by atoms with Crippen LogP contribution >= 0.6 is 0 Å². The second kappa shape index (κ2) is 10.7. The van der Waals surface area contributed by atoms with Gasteiger partial charge in [0.25, 0.3) is 10.0 Å². The molecule has 0 saturated heterocycles. The molecule has 0 aromatic heterocycles. The first-order valence-electron chi connectivity index (χ1n) is 11.8. The van der Waals surface area contributed by atoms with E-state index in [2.05, 4.69) is 10.1 Å². The third-order valence-electron chi connectivity index (χ3n) is 6.20. The number of fused-ring (bicyclic) bond motifs is 1. The molecule has 15 heteroatoms. The van der Waals surface area contributed by atoms with E-state index in [9.17, 15) is 40.7 Å². The number of hydrogen-bond acceptors (Lipinski definition) is 7. The summed E-state index contributed by atoms with van der Waals surface area (Å²) in [6.07, 6.45) is -7.34. The molecule has 40 heavy (non-hydrogen) atoms. The summed E-state index contributed by atoms with van der Waals surface area (Å²) in [6.45, 7) is 3.84. The summed E-state index contributed by atoms with van der Waals surface area (Å²) in [7, 11) is -3.31. The number of carbonyl (C=O) groups excluding carboxylic acids is 1. The zero-order chi connectivity index (χ0) is 30.3. The molecule has 0 radical (unpaired) electrons. The summed E-state index contributed by atoms with van der Waals surface area (Å²) >= 11 is 0. The van der Waals surface area contributed by atoms with Crippen LogP contribution in [-0.4, -0.2) is 57.1 Å². The minimum atomic E-state index is -4.85. The quantitative estimate of drug-likeness (QED) is 0.401. The number of halogens is 4. The number of carboxylic acid groups (broad SMARTS) is 1. The zero-order valence-electron chi connectivity index (χ0n) is 22.1. The summed E-state index contributed by atoms with van der Waals surface area (Å²) < 4.78 is 97.0. The van der Waals surface area contributed by atoms with E-state index >= 15 is 0 Å². The molecule has 1 aliphatic rings. The Balaban J connectivity index is 2.03. The maximum atomic E-state index is 14.0. The molecule has 3 rings (SSSR count). The van der Waals surface area contributed by atoms with E-state index in [1.54, 1.807) is 0 Å². The smallest absolute Gasteiger partial charge is 0.427 e. The van der Waals surface area contributed by atoms with Gasteiger partial charge in [-0.3, -0.25) is 14.4 Å². The van der Waals surface area contributed by atoms with Crippen molar-refractivity contribution in [2.45, 2.75) is 56.9 Å². The van der Waals surface area contributed by atoms with E-state index in [1.165, 1.54) is 26.0 Å². The minimum Gasteiger partial charge on any atom is -0.494 e. The molecule has 0 saturated carbocycles. The third-order valence-corrected chi connectivity index (χ3v) is 7.97. The Hall–Kier alpha value is -3.75. The number of amides is 1. The van der Waals surface area contributed by atoms with Gasteiger partial charge in [-0.25, -0.2) is 17.6 Å². The number of nitrogens with one attached hydrogen (secondary N) is 1. The number of nitrogens with zero attached hydrogens (tertiary/aromatic N) is 1. The number of benzene rings is 2. The Labute approximate surface area is 227 Å². The molecule has 220 valence electrons. The maximum absolute atomic E-state index is 14.0. The van der Waals surface area contributed by atoms with E-state index in [0.717, 1.165) is 35.7 Å². The molecule has 0 aliphatic carbocycles. The second-order valence-corrected chi connectivity index (χ2v) is 12.0. The van der Waals surface area contributed by atoms with Crippen LogP contribution in [0.4, 0.5) is 33.7 Å². The zero-order valence-corrected chi connectivity index (χ0v) is 22.9. The summed E-state index contributed by atoms with van der Waals surface area (Å²) in [5.41, 5.74) is -4.34. The van der Waals surface area contributed by atoms with Crippen LogP contribution in [-0.2, 0) is 19.6 Å². The molecule has 1 heterocycles. The molecule has 1 aliphatic heterocycles. The molecule has 1 atom stereocenters. The van der Waals surface area contributed by atoms with E-state index < -0.39 is 51.2 Å². The van der Waals surface area contributed by atoms with Gasteiger partial charge in [0, 0.05) is 18.2 Å². The first-order valence-corrected chi connectivity index (χ1v) is 13.2. The van der Waals surface area contributed by atoms with Gasteiger partial charge in [-0.2, -0.15) is 13.2 Å². The molecular formula is C25H28F4N2O8S. The number of anilines is 2. The molecule has 0 bridgehead atoms. The van der Waals surface area contributed by atoms with Gasteiger partial charge in [0.15, 0.2) is 11.6 Å². The lowest BCUT2D eigenvalue weighted by atomic mass is 9.86. The topological polar surface area (TPSA) is 131 Å². The van der Waals surface area contributed by atoms with Gasteiger partial charge < -0.3 is 19.3 Å². The number of alkyl halides is 3. The molecular weight excluding hydrogens is 564 g/mol. The van der Waals surface area contributed by atoms with Crippen molar-refractivity contribution in [2.75, 3.05) is 23.3 Å². The van der Waals surface area contributed by atoms with Gasteiger partial charge >= 0.3 is 18.2 Å². The van der Waals surface area contributed by atoms with Gasteiger partial charge in [0.2, 0.25) is 5.60 Å². The normalized spacial score (nSPS) is 16.0. The van der Waals surface area contributed by atoms with Crippen LogP contribution in [0.1, 0.15) is 34.1 Å². The van der Waals surface area contributed by atoms with Crippen molar-refractivity contribution in [2.24, 2.45) is 5.41 Å². The fraction of sp³-hybridized carbons (Fsp3) is 0.440. The second-order valence-electron chi connectivity index (χ2n) is 10.2. The maximum Gasteiger partial charge on any atom is 0.427 e. The van der Waals surface area contributed by atoms with Crippen LogP contribution in [0.15, 0.2) is 41.3 Å². The third kappa shape index (κ3) is 6.35. The fourth-order valence-electron chi connectivity index (χ4n) is 3.74. The van der Waals surface area contributed by atoms with Crippen molar-refractivity contribution < 1.29 is 54.9 Å². The number of aliphatic carboxylic acids is 1. The summed E-state index contributed by atoms with van der Waals surface area (Å²) in [4.78, 5) is 23.5. The van der Waals surface area contributed by atoms with Crippen LogP contribution < -0.4 is 19.1 Å². The Morgan fingerprint density at radius 2 is 1.77 bits per heavy atom. The standard InChI is InChI=1S/C25H28F4N2O8S/c1-23(2,21(32)33)12-15-13-31(40(35,36)16-7-8-17(26)20(11-16)37-5)18-10-14(6-9-19(18)38-15)30-22(34)39-24(3,4)25(27,28)29/h6-11,15H,12-13H2,1-5H3,(H,30,34)(H,32,33)/t15-/m0/s1. The lowest BCUT2D eigenvalue weighted by Gasteiger charge is -2.37. The molecule has 0 unspecified atom stereocenters. The van der Waals surface area contributed by atoms with Gasteiger partial charge in [-0.05, 0) is 58.0 Å². The lowest BCUT2D eigenvalue weighted by molar-refractivity contribution is -0.242. The summed E-state index contributed by atoms with van der Waals surface area (Å²) in [5.74, 6) is -2.30. The Morgan fingerprint density at radius 3 is 2.35 bits per heavy atom. The molecule has 0 spiro atoms. The van der Waals surface area contributed by atoms with Crippen molar-refractivity contribution in [3.05, 3.63) is 42.2 Å². The first-order chi connectivity index (χ1) is 18.3. The number of sulfonamides is 1. The van der Waals surface area contributed by atoms with Gasteiger partial charge in [0.1, 0.15) is 11.9 Å². The Kier molecular flexibility index (Phi) is 8.21. The molecule has 1 amide bonds. The number of methoxy groups -OCH3 is 1. The van der Waals surface area contributed by atoms with Crippen molar-refractivity contribution in [1.29, 1.82) is 0 Å². The van der Waals surface area contributed by atoms with Crippen LogP contribution in [0, 0.1) is 11.2 Å². The van der Waals surface area contributed by atoms with E-state index in [-0.39, 0.29) is 40.7 Å². The predicted octanol–water partition coefficient (Wildman–Crippen LogP) is 5.18. The largest absolute Gasteiger partial charge is 0.494 e. The highest BCUT2D eigenvalue weighted by Gasteiger charge is 2.51. The van der Waals surface area contributed by atoms with Crippen LogP contribution in [0.5, 0.6) is 11.5 Å². The first kappa shape index (κ1) is 30.8. The van der Waals surface area contributed by atoms with Crippen molar-refractivity contribution in [1.82, 2.24) is 0 Å². The highest BCUT2D eigenvalue weighted by molar-refractivity contribution is 7.92. The number of rotatable bonds is 8. The average molecular weight is 593 g/mol. The van der Waals surface area contributed by atoms with Gasteiger partial charge in [0.05, 0.1) is 29.7 Å². The van der Waals surface area contributed by atoms with Crippen molar-refractivity contribution >= 4 is 33.5 Å². The van der Waals surface area contributed by atoms with Crippen LogP contribution in [0.2, 0.25) is 0 Å². The van der Waals surface area contributed by atoms with Gasteiger partial charge in [-0.15, -0.1) is 0 Å². The van der Waals surface area contributed by atoms with Crippen molar-refractivity contribution in [3.8, 4) is 11.5 Å². The highest BCUT2D eigenvalue weighted by atomic mass is 32.2. The number of carbonyl (C=O) groups is 2. The minimum absolute atomic E-state index is 0.00960. The number of carboxylic acids is 1. The van der Waals surface area contributed by atoms with E-state index in [4.69, 9.17) is 9.47 Å². The summed E-state index contributed by atoms with van der Waals surface area (Å²) in [6, 6.07) is 6.54. The highest BCUT2D eigenvalue weighted by Crippen LogP contribution is 2.42. The fourth-order valence-corrected chi connectivity index (χ4v) is 5.26. The number of hydrogen-bond donors (Lipinski definition) is 2. The van der Waals surface area contributed by atoms with Gasteiger partial charge in [-0.1, -0.05) is 0 Å². The molecule has 2 aromatic carbocycles. The monoisotopic (exact) mass is 592 g/mol. The summed E-state index contributed by atoms with van der Waals surface area (Å²) in [5, 5.41) is 11.7. The molecule has 2 N–H and O–H groups in total. The van der Waals surface area contributed by atoms with Crippen LogP contribution in [0.3, 0.4) is 0 Å². The average Bonchev–Trinajstić information content (AvgIpc) is 2.82. The predicted molar refractivity (Wildman–Crippen MR) is 135 cm³/mol.